The second-order valence-corrected chi connectivity index (χ2v) is 4.00. The molecule has 0 fully saturated rings. The zero-order valence-electron chi connectivity index (χ0n) is 9.30. The summed E-state index contributed by atoms with van der Waals surface area (Å²) in [5.41, 5.74) is 3.24. The molecule has 7 nitrogen and oxygen atoms in total. The summed E-state index contributed by atoms with van der Waals surface area (Å²) < 4.78 is 10.4. The fourth-order valence-electron chi connectivity index (χ4n) is 1.18. The predicted octanol–water partition coefficient (Wildman–Crippen LogP) is 1.22. The molecule has 0 aliphatic rings. The van der Waals surface area contributed by atoms with Crippen molar-refractivity contribution in [3.8, 4) is 5.75 Å². The van der Waals surface area contributed by atoms with Gasteiger partial charge in [-0.15, -0.1) is 0 Å². The van der Waals surface area contributed by atoms with Gasteiger partial charge in [0.2, 0.25) is 0 Å². The third kappa shape index (κ3) is 2.48. The number of oxazole rings is 1. The van der Waals surface area contributed by atoms with E-state index in [1.807, 2.05) is 6.92 Å². The summed E-state index contributed by atoms with van der Waals surface area (Å²) >= 11 is 1.24. The van der Waals surface area contributed by atoms with Crippen LogP contribution in [0, 0.1) is 6.92 Å². The zero-order valence-corrected chi connectivity index (χ0v) is 10.1. The summed E-state index contributed by atoms with van der Waals surface area (Å²) in [6, 6.07) is 0. The SMILES string of the molecule is COc1c(NN)ncnc1Sc1nc(C)co1. The lowest BCUT2D eigenvalue weighted by molar-refractivity contribution is 0.399. The van der Waals surface area contributed by atoms with Gasteiger partial charge in [0, 0.05) is 0 Å². The molecule has 0 radical (unpaired) electrons. The van der Waals surface area contributed by atoms with Gasteiger partial charge in [-0.25, -0.2) is 20.8 Å². The van der Waals surface area contributed by atoms with E-state index in [0.29, 0.717) is 21.8 Å². The highest BCUT2D eigenvalue weighted by atomic mass is 32.2. The molecular formula is C9H11N5O2S. The second kappa shape index (κ2) is 5.02. The standard InChI is InChI=1S/C9H11N5O2S/c1-5-3-16-9(13-5)17-8-6(15-2)7(14-10)11-4-12-8/h3-4H,10H2,1-2H3,(H,11,12,14). The van der Waals surface area contributed by atoms with Gasteiger partial charge in [-0.2, -0.15) is 0 Å². The Morgan fingerprint density at radius 1 is 1.47 bits per heavy atom. The minimum absolute atomic E-state index is 0.410. The summed E-state index contributed by atoms with van der Waals surface area (Å²) in [4.78, 5) is 12.2. The molecule has 0 atom stereocenters. The molecule has 90 valence electrons. The van der Waals surface area contributed by atoms with Crippen molar-refractivity contribution in [2.24, 2.45) is 5.84 Å². The fourth-order valence-corrected chi connectivity index (χ4v) is 2.00. The summed E-state index contributed by atoms with van der Waals surface area (Å²) in [5.74, 6) is 6.19. The lowest BCUT2D eigenvalue weighted by Crippen LogP contribution is -2.10. The average molecular weight is 253 g/mol. The number of hydrogen-bond donors (Lipinski definition) is 2. The van der Waals surface area contributed by atoms with Crippen LogP contribution in [0.4, 0.5) is 5.82 Å². The van der Waals surface area contributed by atoms with Crippen LogP contribution in [0.3, 0.4) is 0 Å². The Morgan fingerprint density at radius 3 is 2.88 bits per heavy atom. The first-order valence-electron chi connectivity index (χ1n) is 4.70. The Hall–Kier alpha value is -1.80. The van der Waals surface area contributed by atoms with E-state index < -0.39 is 0 Å². The zero-order chi connectivity index (χ0) is 12.3. The highest BCUT2D eigenvalue weighted by Gasteiger charge is 2.14. The molecule has 2 heterocycles. The van der Waals surface area contributed by atoms with Crippen LogP contribution in [0.25, 0.3) is 0 Å². The Balaban J connectivity index is 2.32. The van der Waals surface area contributed by atoms with Crippen molar-refractivity contribution in [2.75, 3.05) is 12.5 Å². The normalized spacial score (nSPS) is 10.3. The number of anilines is 1. The maximum atomic E-state index is 5.32. The van der Waals surface area contributed by atoms with Crippen molar-refractivity contribution in [3.63, 3.8) is 0 Å². The largest absolute Gasteiger partial charge is 0.490 e. The smallest absolute Gasteiger partial charge is 0.262 e. The van der Waals surface area contributed by atoms with E-state index in [1.54, 1.807) is 6.26 Å². The molecule has 8 heteroatoms. The predicted molar refractivity (Wildman–Crippen MR) is 61.8 cm³/mol. The van der Waals surface area contributed by atoms with Gasteiger partial charge < -0.3 is 14.6 Å². The summed E-state index contributed by atoms with van der Waals surface area (Å²) in [6.45, 7) is 1.84. The van der Waals surface area contributed by atoms with Gasteiger partial charge in [-0.3, -0.25) is 0 Å². The molecule has 2 aromatic heterocycles. The minimum atomic E-state index is 0.410. The van der Waals surface area contributed by atoms with E-state index in [9.17, 15) is 0 Å². The van der Waals surface area contributed by atoms with Gasteiger partial charge >= 0.3 is 0 Å². The average Bonchev–Trinajstić information content (AvgIpc) is 2.74. The number of nitrogens with two attached hydrogens (primary N) is 1. The first-order valence-corrected chi connectivity index (χ1v) is 5.52. The molecule has 0 aliphatic heterocycles. The van der Waals surface area contributed by atoms with E-state index in [-0.39, 0.29) is 0 Å². The van der Waals surface area contributed by atoms with Gasteiger partial charge in [-0.1, -0.05) is 0 Å². The van der Waals surface area contributed by atoms with E-state index in [4.69, 9.17) is 15.0 Å². The summed E-state index contributed by atoms with van der Waals surface area (Å²) in [5, 5.41) is 1.07. The van der Waals surface area contributed by atoms with Crippen molar-refractivity contribution in [1.29, 1.82) is 0 Å². The third-order valence-electron chi connectivity index (χ3n) is 1.89. The summed E-state index contributed by atoms with van der Waals surface area (Å²) in [7, 11) is 1.52. The number of hydrazine groups is 1. The summed E-state index contributed by atoms with van der Waals surface area (Å²) in [6.07, 6.45) is 2.95. The van der Waals surface area contributed by atoms with Crippen LogP contribution in [0.5, 0.6) is 5.75 Å². The van der Waals surface area contributed by atoms with Gasteiger partial charge in [0.25, 0.3) is 5.22 Å². The molecule has 0 saturated carbocycles. The number of ether oxygens (including phenoxy) is 1. The molecule has 0 amide bonds. The molecule has 0 bridgehead atoms. The lowest BCUT2D eigenvalue weighted by atomic mass is 10.5. The molecule has 0 unspecified atom stereocenters. The number of nitrogen functional groups attached to an aromatic ring is 1. The minimum Gasteiger partial charge on any atom is -0.490 e. The Morgan fingerprint density at radius 2 is 2.29 bits per heavy atom. The molecule has 2 rings (SSSR count). The van der Waals surface area contributed by atoms with Crippen LogP contribution < -0.4 is 16.0 Å². The van der Waals surface area contributed by atoms with E-state index in [2.05, 4.69) is 20.4 Å². The monoisotopic (exact) mass is 253 g/mol. The molecule has 3 N–H and O–H groups in total. The first kappa shape index (κ1) is 11.7. The Kier molecular flexibility index (Phi) is 3.45. The number of aromatic nitrogens is 3. The fraction of sp³-hybridized carbons (Fsp3) is 0.222. The number of rotatable bonds is 4. The number of hydrogen-bond acceptors (Lipinski definition) is 8. The van der Waals surface area contributed by atoms with Crippen LogP contribution in [-0.4, -0.2) is 22.1 Å². The molecule has 0 saturated heterocycles. The second-order valence-electron chi connectivity index (χ2n) is 3.06. The van der Waals surface area contributed by atoms with Crippen molar-refractivity contribution in [2.45, 2.75) is 17.2 Å². The van der Waals surface area contributed by atoms with Crippen LogP contribution in [0.1, 0.15) is 5.69 Å². The third-order valence-corrected chi connectivity index (χ3v) is 2.74. The first-order chi connectivity index (χ1) is 8.24. The van der Waals surface area contributed by atoms with E-state index in [1.165, 1.54) is 25.2 Å². The highest BCUT2D eigenvalue weighted by molar-refractivity contribution is 7.99. The van der Waals surface area contributed by atoms with Crippen LogP contribution in [-0.2, 0) is 0 Å². The van der Waals surface area contributed by atoms with Crippen LogP contribution >= 0.6 is 11.8 Å². The number of nitrogens with one attached hydrogen (secondary N) is 1. The van der Waals surface area contributed by atoms with E-state index in [0.717, 1.165) is 5.69 Å². The maximum Gasteiger partial charge on any atom is 0.262 e. The quantitative estimate of drug-likeness (QED) is 0.476. The molecule has 0 aliphatic carbocycles. The van der Waals surface area contributed by atoms with E-state index >= 15 is 0 Å². The van der Waals surface area contributed by atoms with Crippen molar-refractivity contribution in [1.82, 2.24) is 15.0 Å². The van der Waals surface area contributed by atoms with Gasteiger partial charge in [0.05, 0.1) is 12.8 Å². The Bertz CT molecular complexity index is 516. The molecular weight excluding hydrogens is 242 g/mol. The van der Waals surface area contributed by atoms with Crippen LogP contribution in [0.2, 0.25) is 0 Å². The number of nitrogens with zero attached hydrogens (tertiary/aromatic N) is 3. The molecule has 0 spiro atoms. The molecule has 0 aromatic carbocycles. The van der Waals surface area contributed by atoms with Gasteiger partial charge in [0.1, 0.15) is 12.6 Å². The lowest BCUT2D eigenvalue weighted by Gasteiger charge is -2.08. The van der Waals surface area contributed by atoms with Gasteiger partial charge in [0.15, 0.2) is 16.6 Å². The van der Waals surface area contributed by atoms with Gasteiger partial charge in [-0.05, 0) is 18.7 Å². The van der Waals surface area contributed by atoms with Crippen LogP contribution in [0.15, 0.2) is 27.3 Å². The van der Waals surface area contributed by atoms with Crippen molar-refractivity contribution in [3.05, 3.63) is 18.3 Å². The maximum absolute atomic E-state index is 5.32. The van der Waals surface area contributed by atoms with Crippen molar-refractivity contribution >= 4 is 17.6 Å². The molecule has 2 aromatic rings. The number of aryl methyl sites for hydroxylation is 1. The number of methoxy groups -OCH3 is 1. The Labute approximate surface area is 102 Å². The highest BCUT2D eigenvalue weighted by Crippen LogP contribution is 2.35. The van der Waals surface area contributed by atoms with Crippen molar-refractivity contribution < 1.29 is 9.15 Å². The topological polar surface area (TPSA) is 99.1 Å². The molecule has 17 heavy (non-hydrogen) atoms.